The minimum atomic E-state index is 0.502. The highest BCUT2D eigenvalue weighted by Gasteiger charge is 1.95. The number of rotatable bonds is 1. The van der Waals surface area contributed by atoms with Gasteiger partial charge in [0, 0.05) is 13.0 Å². The molecular formula is C10H13N3. The molecule has 0 atom stereocenters. The van der Waals surface area contributed by atoms with Crippen LogP contribution in [0.4, 0.5) is 5.82 Å². The van der Waals surface area contributed by atoms with Gasteiger partial charge < -0.3 is 11.5 Å². The maximum Gasteiger partial charge on any atom is 0.124 e. The normalized spacial score (nSPS) is 9.08. The molecule has 0 fully saturated rings. The van der Waals surface area contributed by atoms with Gasteiger partial charge in [-0.05, 0) is 24.5 Å². The van der Waals surface area contributed by atoms with Crippen LogP contribution in [0.5, 0.6) is 0 Å². The van der Waals surface area contributed by atoms with Crippen LogP contribution in [0.25, 0.3) is 0 Å². The second kappa shape index (κ2) is 4.48. The molecule has 3 heteroatoms. The predicted molar refractivity (Wildman–Crippen MR) is 53.9 cm³/mol. The monoisotopic (exact) mass is 175 g/mol. The summed E-state index contributed by atoms with van der Waals surface area (Å²) in [4.78, 5) is 4.11. The third kappa shape index (κ3) is 2.77. The van der Waals surface area contributed by atoms with Gasteiger partial charge in [-0.2, -0.15) is 0 Å². The van der Waals surface area contributed by atoms with Crippen LogP contribution in [0.15, 0.2) is 12.1 Å². The van der Waals surface area contributed by atoms with Crippen molar-refractivity contribution in [3.8, 4) is 11.8 Å². The molecule has 0 spiro atoms. The topological polar surface area (TPSA) is 64.9 Å². The zero-order valence-corrected chi connectivity index (χ0v) is 7.67. The highest BCUT2D eigenvalue weighted by atomic mass is 14.8. The molecule has 0 aliphatic carbocycles. The Balaban J connectivity index is 2.89. The molecular weight excluding hydrogens is 162 g/mol. The van der Waals surface area contributed by atoms with Crippen LogP contribution >= 0.6 is 0 Å². The zero-order valence-electron chi connectivity index (χ0n) is 7.67. The van der Waals surface area contributed by atoms with E-state index in [-0.39, 0.29) is 0 Å². The van der Waals surface area contributed by atoms with Gasteiger partial charge in [0.15, 0.2) is 0 Å². The maximum atomic E-state index is 5.53. The minimum absolute atomic E-state index is 0.502. The lowest BCUT2D eigenvalue weighted by molar-refractivity contribution is 1.03. The standard InChI is InChI=1S/C10H13N3/c1-8-5-6-10(12)13-9(8)4-2-3-7-11/h5-6H,3,7,11H2,1H3,(H2,12,13). The third-order valence-corrected chi connectivity index (χ3v) is 1.59. The van der Waals surface area contributed by atoms with Crippen LogP contribution in [0.1, 0.15) is 17.7 Å². The maximum absolute atomic E-state index is 5.53. The summed E-state index contributed by atoms with van der Waals surface area (Å²) in [6.07, 6.45) is 0.690. The summed E-state index contributed by atoms with van der Waals surface area (Å²) in [6, 6.07) is 3.68. The molecule has 3 nitrogen and oxygen atoms in total. The van der Waals surface area contributed by atoms with E-state index in [0.717, 1.165) is 11.3 Å². The van der Waals surface area contributed by atoms with Gasteiger partial charge in [0.25, 0.3) is 0 Å². The summed E-state index contributed by atoms with van der Waals surface area (Å²) in [5, 5.41) is 0. The number of aryl methyl sites for hydroxylation is 1. The fraction of sp³-hybridized carbons (Fsp3) is 0.300. The number of pyridine rings is 1. The van der Waals surface area contributed by atoms with Crippen LogP contribution in [-0.2, 0) is 0 Å². The van der Waals surface area contributed by atoms with E-state index in [9.17, 15) is 0 Å². The van der Waals surface area contributed by atoms with Gasteiger partial charge in [0.1, 0.15) is 11.5 Å². The van der Waals surface area contributed by atoms with Gasteiger partial charge in [-0.15, -0.1) is 0 Å². The molecule has 1 rings (SSSR count). The molecule has 0 unspecified atom stereocenters. The first-order valence-corrected chi connectivity index (χ1v) is 4.16. The van der Waals surface area contributed by atoms with Crippen molar-refractivity contribution in [2.24, 2.45) is 5.73 Å². The Bertz CT molecular complexity index is 347. The molecule has 0 aliphatic heterocycles. The third-order valence-electron chi connectivity index (χ3n) is 1.59. The van der Waals surface area contributed by atoms with Crippen LogP contribution < -0.4 is 11.5 Å². The Morgan fingerprint density at radius 1 is 1.46 bits per heavy atom. The summed E-state index contributed by atoms with van der Waals surface area (Å²) in [5.41, 5.74) is 12.6. The van der Waals surface area contributed by atoms with Crippen LogP contribution in [0.3, 0.4) is 0 Å². The zero-order chi connectivity index (χ0) is 9.68. The van der Waals surface area contributed by atoms with E-state index in [4.69, 9.17) is 11.5 Å². The van der Waals surface area contributed by atoms with Crippen molar-refractivity contribution in [2.75, 3.05) is 12.3 Å². The van der Waals surface area contributed by atoms with Gasteiger partial charge in [-0.25, -0.2) is 4.98 Å². The molecule has 0 radical (unpaired) electrons. The lowest BCUT2D eigenvalue weighted by atomic mass is 10.2. The lowest BCUT2D eigenvalue weighted by Crippen LogP contribution is -1.97. The average molecular weight is 175 g/mol. The van der Waals surface area contributed by atoms with Crippen molar-refractivity contribution < 1.29 is 0 Å². The average Bonchev–Trinajstić information content (AvgIpc) is 2.11. The molecule has 0 saturated heterocycles. The predicted octanol–water partition coefficient (Wildman–Crippen LogP) is 0.673. The van der Waals surface area contributed by atoms with E-state index < -0.39 is 0 Å². The van der Waals surface area contributed by atoms with Crippen molar-refractivity contribution in [1.29, 1.82) is 0 Å². The summed E-state index contributed by atoms with van der Waals surface area (Å²) >= 11 is 0. The number of nitrogens with two attached hydrogens (primary N) is 2. The molecule has 0 amide bonds. The Morgan fingerprint density at radius 3 is 2.92 bits per heavy atom. The molecule has 0 aromatic carbocycles. The number of nitrogens with zero attached hydrogens (tertiary/aromatic N) is 1. The molecule has 13 heavy (non-hydrogen) atoms. The number of aromatic nitrogens is 1. The van der Waals surface area contributed by atoms with Crippen molar-refractivity contribution >= 4 is 5.82 Å². The second-order valence-electron chi connectivity index (χ2n) is 2.74. The first-order chi connectivity index (χ1) is 6.24. The van der Waals surface area contributed by atoms with Crippen LogP contribution in [0, 0.1) is 18.8 Å². The number of hydrogen-bond acceptors (Lipinski definition) is 3. The van der Waals surface area contributed by atoms with Gasteiger partial charge in [-0.3, -0.25) is 0 Å². The van der Waals surface area contributed by atoms with Gasteiger partial charge in [-0.1, -0.05) is 12.0 Å². The quantitative estimate of drug-likeness (QED) is 0.617. The first-order valence-electron chi connectivity index (χ1n) is 4.16. The molecule has 1 heterocycles. The molecule has 0 saturated carbocycles. The SMILES string of the molecule is Cc1ccc(N)nc1C#CCCN. The number of anilines is 1. The lowest BCUT2D eigenvalue weighted by Gasteiger charge is -1.97. The van der Waals surface area contributed by atoms with E-state index >= 15 is 0 Å². The Labute approximate surface area is 78.2 Å². The molecule has 0 bridgehead atoms. The largest absolute Gasteiger partial charge is 0.384 e. The van der Waals surface area contributed by atoms with Crippen molar-refractivity contribution in [3.63, 3.8) is 0 Å². The van der Waals surface area contributed by atoms with E-state index in [1.54, 1.807) is 6.07 Å². The number of hydrogen-bond donors (Lipinski definition) is 2. The molecule has 0 aliphatic rings. The van der Waals surface area contributed by atoms with Gasteiger partial charge >= 0.3 is 0 Å². The number of nitrogen functional groups attached to an aromatic ring is 1. The van der Waals surface area contributed by atoms with Crippen LogP contribution in [0.2, 0.25) is 0 Å². The summed E-state index contributed by atoms with van der Waals surface area (Å²) in [7, 11) is 0. The highest BCUT2D eigenvalue weighted by molar-refractivity contribution is 5.41. The Hall–Kier alpha value is -1.53. The second-order valence-corrected chi connectivity index (χ2v) is 2.74. The first kappa shape index (κ1) is 9.56. The molecule has 4 N–H and O–H groups in total. The van der Waals surface area contributed by atoms with E-state index in [2.05, 4.69) is 16.8 Å². The van der Waals surface area contributed by atoms with Crippen molar-refractivity contribution in [1.82, 2.24) is 4.98 Å². The molecule has 68 valence electrons. The minimum Gasteiger partial charge on any atom is -0.384 e. The van der Waals surface area contributed by atoms with Crippen molar-refractivity contribution in [3.05, 3.63) is 23.4 Å². The fourth-order valence-electron chi connectivity index (χ4n) is 0.889. The molecule has 1 aromatic heterocycles. The van der Waals surface area contributed by atoms with Gasteiger partial charge in [0.2, 0.25) is 0 Å². The van der Waals surface area contributed by atoms with Crippen molar-refractivity contribution in [2.45, 2.75) is 13.3 Å². The highest BCUT2D eigenvalue weighted by Crippen LogP contribution is 2.05. The smallest absolute Gasteiger partial charge is 0.124 e. The van der Waals surface area contributed by atoms with E-state index in [1.807, 2.05) is 13.0 Å². The summed E-state index contributed by atoms with van der Waals surface area (Å²) in [5.74, 6) is 6.36. The summed E-state index contributed by atoms with van der Waals surface area (Å²) < 4.78 is 0. The summed E-state index contributed by atoms with van der Waals surface area (Å²) in [6.45, 7) is 2.53. The fourth-order valence-corrected chi connectivity index (χ4v) is 0.889. The van der Waals surface area contributed by atoms with E-state index in [1.165, 1.54) is 0 Å². The van der Waals surface area contributed by atoms with E-state index in [0.29, 0.717) is 18.8 Å². The van der Waals surface area contributed by atoms with Gasteiger partial charge in [0.05, 0.1) is 0 Å². The Morgan fingerprint density at radius 2 is 2.23 bits per heavy atom. The Kier molecular flexibility index (Phi) is 3.30. The molecule has 1 aromatic rings. The van der Waals surface area contributed by atoms with Crippen LogP contribution in [-0.4, -0.2) is 11.5 Å².